The summed E-state index contributed by atoms with van der Waals surface area (Å²) in [5.41, 5.74) is 5.83. The van der Waals surface area contributed by atoms with Crippen LogP contribution in [0.3, 0.4) is 0 Å². The maximum absolute atomic E-state index is 6.06. The summed E-state index contributed by atoms with van der Waals surface area (Å²) in [6.45, 7) is 3.38. The van der Waals surface area contributed by atoms with Gasteiger partial charge in [-0.3, -0.25) is 0 Å². The van der Waals surface area contributed by atoms with Gasteiger partial charge in [0.2, 0.25) is 0 Å². The molecular formula is C28H26BrNO2S. The van der Waals surface area contributed by atoms with E-state index >= 15 is 0 Å². The van der Waals surface area contributed by atoms with Crippen molar-refractivity contribution < 1.29 is 9.47 Å². The summed E-state index contributed by atoms with van der Waals surface area (Å²) in [4.78, 5) is 2.21. The molecule has 0 radical (unpaired) electrons. The van der Waals surface area contributed by atoms with Gasteiger partial charge in [-0.2, -0.15) is 0 Å². The molecule has 0 amide bonds. The van der Waals surface area contributed by atoms with E-state index in [9.17, 15) is 0 Å². The molecule has 4 aromatic rings. The van der Waals surface area contributed by atoms with Crippen molar-refractivity contribution in [2.75, 3.05) is 18.5 Å². The summed E-state index contributed by atoms with van der Waals surface area (Å²) >= 11 is 5.24. The predicted molar refractivity (Wildman–Crippen MR) is 142 cm³/mol. The average Bonchev–Trinajstić information content (AvgIpc) is 3.24. The Balaban J connectivity index is 1.38. The topological polar surface area (TPSA) is 30.5 Å². The fourth-order valence-corrected chi connectivity index (χ4v) is 5.40. The minimum atomic E-state index is 0.574. The summed E-state index contributed by atoms with van der Waals surface area (Å²) in [6, 6.07) is 25.6. The third kappa shape index (κ3) is 4.94. The van der Waals surface area contributed by atoms with Crippen LogP contribution in [0.15, 0.2) is 77.3 Å². The molecule has 3 nitrogen and oxygen atoms in total. The summed E-state index contributed by atoms with van der Waals surface area (Å²) in [5.74, 6) is 1.71. The first kappa shape index (κ1) is 22.1. The second kappa shape index (κ2) is 10.0. The van der Waals surface area contributed by atoms with E-state index < -0.39 is 0 Å². The number of rotatable bonds is 7. The first-order valence-electron chi connectivity index (χ1n) is 11.4. The van der Waals surface area contributed by atoms with Gasteiger partial charge in [0, 0.05) is 15.8 Å². The summed E-state index contributed by atoms with van der Waals surface area (Å²) < 4.78 is 13.2. The Morgan fingerprint density at radius 2 is 1.27 bits per heavy atom. The molecule has 3 aromatic carbocycles. The molecule has 5 heteroatoms. The average molecular weight is 520 g/mol. The van der Waals surface area contributed by atoms with Crippen LogP contribution >= 0.6 is 27.3 Å². The van der Waals surface area contributed by atoms with E-state index in [1.807, 2.05) is 0 Å². The first-order valence-corrected chi connectivity index (χ1v) is 13.0. The van der Waals surface area contributed by atoms with Gasteiger partial charge in [-0.05, 0) is 65.9 Å². The molecule has 0 atom stereocenters. The lowest BCUT2D eigenvalue weighted by Crippen LogP contribution is -2.14. The molecule has 168 valence electrons. The second-order valence-corrected chi connectivity index (χ2v) is 10.1. The SMILES string of the molecule is CCCCc1ccc(Nc2ccc(-c3sc(-c4ccc(Br)cc4)c4c3OCCO4)cc2)cc1. The van der Waals surface area contributed by atoms with Crippen LogP contribution in [0.4, 0.5) is 11.4 Å². The van der Waals surface area contributed by atoms with Crippen molar-refractivity contribution in [1.29, 1.82) is 0 Å². The number of unbranched alkanes of at least 4 members (excludes halogenated alkanes) is 1. The minimum absolute atomic E-state index is 0.574. The Hall–Kier alpha value is -2.76. The molecule has 33 heavy (non-hydrogen) atoms. The van der Waals surface area contributed by atoms with E-state index in [0.29, 0.717) is 13.2 Å². The van der Waals surface area contributed by atoms with Crippen LogP contribution < -0.4 is 14.8 Å². The van der Waals surface area contributed by atoms with Crippen LogP contribution in [-0.2, 0) is 6.42 Å². The highest BCUT2D eigenvalue weighted by Gasteiger charge is 2.26. The number of aryl methyl sites for hydroxylation is 1. The van der Waals surface area contributed by atoms with Crippen LogP contribution in [0.25, 0.3) is 20.9 Å². The number of ether oxygens (including phenoxy) is 2. The van der Waals surface area contributed by atoms with Crippen LogP contribution in [0.5, 0.6) is 11.5 Å². The van der Waals surface area contributed by atoms with E-state index in [0.717, 1.165) is 54.6 Å². The van der Waals surface area contributed by atoms with Crippen molar-refractivity contribution in [2.45, 2.75) is 26.2 Å². The van der Waals surface area contributed by atoms with Gasteiger partial charge in [-0.15, -0.1) is 11.3 Å². The van der Waals surface area contributed by atoms with Gasteiger partial charge < -0.3 is 14.8 Å². The smallest absolute Gasteiger partial charge is 0.180 e. The quantitative estimate of drug-likeness (QED) is 0.264. The lowest BCUT2D eigenvalue weighted by molar-refractivity contribution is 0.175. The maximum Gasteiger partial charge on any atom is 0.180 e. The zero-order valence-electron chi connectivity index (χ0n) is 18.6. The van der Waals surface area contributed by atoms with Gasteiger partial charge in [-0.1, -0.05) is 65.7 Å². The first-order chi connectivity index (χ1) is 16.2. The highest BCUT2D eigenvalue weighted by molar-refractivity contribution is 9.10. The van der Waals surface area contributed by atoms with Gasteiger partial charge in [0.1, 0.15) is 13.2 Å². The Kier molecular flexibility index (Phi) is 6.70. The monoisotopic (exact) mass is 519 g/mol. The Bertz CT molecular complexity index is 1210. The number of nitrogens with one attached hydrogen (secondary N) is 1. The van der Waals surface area contributed by atoms with Crippen LogP contribution in [0.1, 0.15) is 25.3 Å². The number of fused-ring (bicyclic) bond motifs is 1. The van der Waals surface area contributed by atoms with Gasteiger partial charge in [0.25, 0.3) is 0 Å². The normalized spacial score (nSPS) is 12.5. The molecule has 0 aliphatic carbocycles. The number of benzene rings is 3. The maximum atomic E-state index is 6.06. The molecule has 0 fully saturated rings. The highest BCUT2D eigenvalue weighted by atomic mass is 79.9. The number of hydrogen-bond acceptors (Lipinski definition) is 4. The highest BCUT2D eigenvalue weighted by Crippen LogP contribution is 2.53. The Morgan fingerprint density at radius 1 is 0.758 bits per heavy atom. The summed E-state index contributed by atoms with van der Waals surface area (Å²) in [5, 5.41) is 3.51. The number of thiophene rings is 1. The minimum Gasteiger partial charge on any atom is -0.485 e. The molecule has 1 aliphatic rings. The number of halogens is 1. The van der Waals surface area contributed by atoms with Crippen molar-refractivity contribution >= 4 is 38.6 Å². The van der Waals surface area contributed by atoms with Crippen molar-refractivity contribution in [3.8, 4) is 32.4 Å². The molecule has 5 rings (SSSR count). The third-order valence-electron chi connectivity index (χ3n) is 5.71. The molecule has 2 heterocycles. The van der Waals surface area contributed by atoms with Crippen molar-refractivity contribution in [2.24, 2.45) is 0 Å². The molecule has 0 unspecified atom stereocenters. The van der Waals surface area contributed by atoms with Crippen LogP contribution in [0.2, 0.25) is 0 Å². The predicted octanol–water partition coefficient (Wildman–Crippen LogP) is 8.70. The molecule has 0 saturated heterocycles. The largest absolute Gasteiger partial charge is 0.485 e. The van der Waals surface area contributed by atoms with Crippen molar-refractivity contribution in [1.82, 2.24) is 0 Å². The molecule has 1 aromatic heterocycles. The van der Waals surface area contributed by atoms with E-state index in [2.05, 4.69) is 101 Å². The second-order valence-electron chi connectivity index (χ2n) is 8.13. The van der Waals surface area contributed by atoms with Crippen LogP contribution in [0, 0.1) is 0 Å². The van der Waals surface area contributed by atoms with E-state index in [-0.39, 0.29) is 0 Å². The van der Waals surface area contributed by atoms with Gasteiger partial charge in [-0.25, -0.2) is 0 Å². The molecule has 1 aliphatic heterocycles. The van der Waals surface area contributed by atoms with E-state index in [1.165, 1.54) is 18.4 Å². The third-order valence-corrected chi connectivity index (χ3v) is 7.49. The fraction of sp³-hybridized carbons (Fsp3) is 0.214. The standard InChI is InChI=1S/C28H26BrNO2S/c1-2-3-4-19-5-13-23(14-6-19)30-24-15-9-21(10-16-24)28-26-25(31-17-18-32-26)27(33-28)20-7-11-22(29)12-8-20/h5-16,30H,2-4,17-18H2,1H3. The van der Waals surface area contributed by atoms with Gasteiger partial charge in [0.15, 0.2) is 11.5 Å². The van der Waals surface area contributed by atoms with Gasteiger partial charge in [0.05, 0.1) is 9.75 Å². The van der Waals surface area contributed by atoms with Gasteiger partial charge >= 0.3 is 0 Å². The molecule has 0 spiro atoms. The van der Waals surface area contributed by atoms with Crippen molar-refractivity contribution in [3.63, 3.8) is 0 Å². The Morgan fingerprint density at radius 3 is 1.82 bits per heavy atom. The number of anilines is 2. The lowest BCUT2D eigenvalue weighted by atomic mass is 10.1. The fourth-order valence-electron chi connectivity index (χ4n) is 3.94. The molecular weight excluding hydrogens is 494 g/mol. The Labute approximate surface area is 207 Å². The van der Waals surface area contributed by atoms with E-state index in [1.54, 1.807) is 11.3 Å². The summed E-state index contributed by atoms with van der Waals surface area (Å²) in [7, 11) is 0. The van der Waals surface area contributed by atoms with Crippen molar-refractivity contribution in [3.05, 3.63) is 82.8 Å². The van der Waals surface area contributed by atoms with Crippen LogP contribution in [-0.4, -0.2) is 13.2 Å². The number of hydrogen-bond donors (Lipinski definition) is 1. The molecule has 0 bridgehead atoms. The van der Waals surface area contributed by atoms with E-state index in [4.69, 9.17) is 9.47 Å². The summed E-state index contributed by atoms with van der Waals surface area (Å²) in [6.07, 6.45) is 3.60. The molecule has 1 N–H and O–H groups in total. The zero-order valence-corrected chi connectivity index (χ0v) is 21.0. The zero-order chi connectivity index (χ0) is 22.6. The molecule has 0 saturated carbocycles. The lowest BCUT2D eigenvalue weighted by Gasteiger charge is -2.17.